The molecule has 0 fully saturated rings. The number of hydrogen-bond donors (Lipinski definition) is 0. The third-order valence-corrected chi connectivity index (χ3v) is 21.6. The number of rotatable bonds is 12. The van der Waals surface area contributed by atoms with Gasteiger partial charge < -0.3 is 0 Å². The van der Waals surface area contributed by atoms with Crippen molar-refractivity contribution in [2.24, 2.45) is 0 Å². The summed E-state index contributed by atoms with van der Waals surface area (Å²) in [5.41, 5.74) is 0. The van der Waals surface area contributed by atoms with Crippen LogP contribution in [-0.4, -0.2) is 61.2 Å². The Kier molecular flexibility index (Phi) is 9.48. The quantitative estimate of drug-likeness (QED) is 0.306. The number of carbonyl (C=O) groups is 2. The van der Waals surface area contributed by atoms with Crippen LogP contribution in [-0.2, 0) is 18.6 Å². The molecule has 0 aromatic carbocycles. The van der Waals surface area contributed by atoms with E-state index in [1.165, 1.54) is 12.2 Å². The summed E-state index contributed by atoms with van der Waals surface area (Å²) < 4.78 is 12.1. The van der Waals surface area contributed by atoms with Gasteiger partial charge in [-0.15, -0.1) is 0 Å². The Morgan fingerprint density at radius 1 is 0.538 bits per heavy atom. The standard InChI is InChI=1S/C20H42O4P2/c1-9-25(10-2,11-3,12-4)23-19(21)17-18-20(22)24-26(13-5,14-6,15-7)16-8/h17-18H,9-16H2,1-8H3/b18-17-. The van der Waals surface area contributed by atoms with Gasteiger partial charge in [0.2, 0.25) is 0 Å². The maximum atomic E-state index is 12.5. The van der Waals surface area contributed by atoms with Gasteiger partial charge in [0.25, 0.3) is 0 Å². The van der Waals surface area contributed by atoms with Crippen LogP contribution in [0.3, 0.4) is 0 Å². The minimum absolute atomic E-state index is 0.409. The maximum absolute atomic E-state index is 12.5. The van der Waals surface area contributed by atoms with E-state index in [0.717, 1.165) is 49.3 Å². The second-order valence-corrected chi connectivity index (χ2v) is 20.3. The fraction of sp³-hybridized carbons (Fsp3) is 0.800. The first-order chi connectivity index (χ1) is 12.1. The summed E-state index contributed by atoms with van der Waals surface area (Å²) in [5, 5.41) is 0. The summed E-state index contributed by atoms with van der Waals surface area (Å²) in [7, 11) is 0. The van der Waals surface area contributed by atoms with E-state index in [4.69, 9.17) is 9.05 Å². The van der Waals surface area contributed by atoms with Crippen LogP contribution in [0, 0.1) is 0 Å². The van der Waals surface area contributed by atoms with E-state index >= 15 is 0 Å². The van der Waals surface area contributed by atoms with Crippen LogP contribution in [0.15, 0.2) is 12.2 Å². The van der Waals surface area contributed by atoms with Crippen molar-refractivity contribution in [3.05, 3.63) is 12.2 Å². The molecule has 26 heavy (non-hydrogen) atoms. The van der Waals surface area contributed by atoms with Gasteiger partial charge in [0.15, 0.2) is 0 Å². The summed E-state index contributed by atoms with van der Waals surface area (Å²) >= 11 is 0. The molecule has 0 aromatic heterocycles. The molecule has 0 saturated heterocycles. The van der Waals surface area contributed by atoms with Crippen LogP contribution in [0.25, 0.3) is 0 Å². The second-order valence-electron chi connectivity index (χ2n) is 7.40. The van der Waals surface area contributed by atoms with Crippen LogP contribution < -0.4 is 0 Å². The predicted octanol–water partition coefficient (Wildman–Crippen LogP) is 5.72. The molecule has 0 aliphatic rings. The van der Waals surface area contributed by atoms with E-state index in [0.29, 0.717) is 0 Å². The third-order valence-electron chi connectivity index (χ3n) is 7.45. The molecule has 6 heteroatoms. The molecular formula is C20H42O4P2. The Hall–Kier alpha value is -0.460. The summed E-state index contributed by atoms with van der Waals surface area (Å²) in [6, 6.07) is 0. The van der Waals surface area contributed by atoms with Crippen molar-refractivity contribution in [2.45, 2.75) is 55.4 Å². The van der Waals surface area contributed by atoms with Crippen molar-refractivity contribution in [3.63, 3.8) is 0 Å². The Morgan fingerprint density at radius 2 is 0.731 bits per heavy atom. The van der Waals surface area contributed by atoms with Crippen molar-refractivity contribution < 1.29 is 18.6 Å². The van der Waals surface area contributed by atoms with Crippen LogP contribution >= 0.6 is 13.7 Å². The molecule has 0 bridgehead atoms. The van der Waals surface area contributed by atoms with Crippen LogP contribution in [0.5, 0.6) is 0 Å². The molecule has 0 aromatic rings. The van der Waals surface area contributed by atoms with Gasteiger partial charge in [-0.25, -0.2) is 0 Å². The molecule has 0 unspecified atom stereocenters. The molecule has 156 valence electrons. The van der Waals surface area contributed by atoms with Gasteiger partial charge in [-0.2, -0.15) is 0 Å². The van der Waals surface area contributed by atoms with Gasteiger partial charge in [-0.05, 0) is 0 Å². The van der Waals surface area contributed by atoms with Crippen LogP contribution in [0.2, 0.25) is 0 Å². The molecule has 0 heterocycles. The summed E-state index contributed by atoms with van der Waals surface area (Å²) in [5.74, 6) is -0.818. The molecule has 0 aliphatic heterocycles. The van der Waals surface area contributed by atoms with Crippen molar-refractivity contribution in [2.75, 3.05) is 49.3 Å². The molecule has 0 atom stereocenters. The van der Waals surface area contributed by atoms with Crippen LogP contribution in [0.1, 0.15) is 55.4 Å². The average molecular weight is 409 g/mol. The molecule has 0 rings (SSSR count). The third kappa shape index (κ3) is 5.08. The molecule has 4 nitrogen and oxygen atoms in total. The Labute approximate surface area is 161 Å². The Bertz CT molecular complexity index is 427. The van der Waals surface area contributed by atoms with Gasteiger partial charge in [-0.1, -0.05) is 0 Å². The SMILES string of the molecule is CCP(CC)(CC)(CC)OC(=O)/C=C\C(=O)OP(CC)(CC)(CC)CC. The number of carbonyl (C=O) groups excluding carboxylic acids is 2. The summed E-state index contributed by atoms with van der Waals surface area (Å²) in [6.45, 7) is 11.9. The minimum atomic E-state index is -2.49. The van der Waals surface area contributed by atoms with E-state index in [1.54, 1.807) is 0 Å². The molecule has 0 N–H and O–H groups in total. The monoisotopic (exact) mass is 408 g/mol. The molecule has 0 radical (unpaired) electrons. The average Bonchev–Trinajstić information content (AvgIpc) is 2.70. The molecule has 0 saturated carbocycles. The molecular weight excluding hydrogens is 366 g/mol. The summed E-state index contributed by atoms with van der Waals surface area (Å²) in [6.07, 6.45) is 9.59. The normalized spacial score (nSPS) is 15.7. The Morgan fingerprint density at radius 3 is 0.885 bits per heavy atom. The first-order valence-electron chi connectivity index (χ1n) is 10.3. The van der Waals surface area contributed by atoms with Gasteiger partial charge in [0.05, 0.1) is 0 Å². The Balaban J connectivity index is 5.34. The first-order valence-corrected chi connectivity index (χ1v) is 16.1. The van der Waals surface area contributed by atoms with E-state index < -0.39 is 25.6 Å². The zero-order chi connectivity index (χ0) is 20.5. The van der Waals surface area contributed by atoms with Gasteiger partial charge in [0.1, 0.15) is 0 Å². The first kappa shape index (κ1) is 25.5. The van der Waals surface area contributed by atoms with Crippen molar-refractivity contribution in [1.29, 1.82) is 0 Å². The zero-order valence-electron chi connectivity index (χ0n) is 18.3. The van der Waals surface area contributed by atoms with Gasteiger partial charge in [0, 0.05) is 0 Å². The molecule has 0 aliphatic carbocycles. The van der Waals surface area contributed by atoms with E-state index in [1.807, 2.05) is 0 Å². The van der Waals surface area contributed by atoms with Crippen molar-refractivity contribution in [3.8, 4) is 0 Å². The molecule has 0 amide bonds. The van der Waals surface area contributed by atoms with Crippen molar-refractivity contribution >= 4 is 25.6 Å². The zero-order valence-corrected chi connectivity index (χ0v) is 20.1. The molecule has 0 spiro atoms. The van der Waals surface area contributed by atoms with Crippen LogP contribution in [0.4, 0.5) is 0 Å². The number of hydrogen-bond acceptors (Lipinski definition) is 4. The van der Waals surface area contributed by atoms with Gasteiger partial charge >= 0.3 is 161 Å². The summed E-state index contributed by atoms with van der Waals surface area (Å²) in [4.78, 5) is 24.9. The van der Waals surface area contributed by atoms with E-state index in [-0.39, 0.29) is 0 Å². The fourth-order valence-electron chi connectivity index (χ4n) is 3.91. The fourth-order valence-corrected chi connectivity index (χ4v) is 11.4. The van der Waals surface area contributed by atoms with Crippen molar-refractivity contribution in [1.82, 2.24) is 0 Å². The van der Waals surface area contributed by atoms with E-state index in [2.05, 4.69) is 55.4 Å². The van der Waals surface area contributed by atoms with E-state index in [9.17, 15) is 9.59 Å². The van der Waals surface area contributed by atoms with Gasteiger partial charge in [-0.3, -0.25) is 0 Å². The topological polar surface area (TPSA) is 52.6 Å². The predicted molar refractivity (Wildman–Crippen MR) is 119 cm³/mol. The second kappa shape index (κ2) is 9.65.